The molecule has 348 valence electrons. The zero-order valence-electron chi connectivity index (χ0n) is 40.3. The molecule has 9 rings (SSSR count). The first-order valence-corrected chi connectivity index (χ1v) is 24.7. The van der Waals surface area contributed by atoms with Crippen LogP contribution in [0.25, 0.3) is 38.6 Å². The van der Waals surface area contributed by atoms with Crippen LogP contribution in [-0.2, 0) is 34.8 Å². The SMILES string of the molecule is C=C(C)C(=O)C(C)OCCOCCOC1(c2ccccc2)C=CC(OC)=C(C2=CCOc3c2c2c(c4cc(N5CCCCC5)ccc34)-c3ccc(-c4ccccc4)cc3C2(CCC)CCC)C1. The zero-order chi connectivity index (χ0) is 46.5. The van der Waals surface area contributed by atoms with Crippen LogP contribution in [-0.4, -0.2) is 65.1 Å². The van der Waals surface area contributed by atoms with E-state index in [0.29, 0.717) is 45.0 Å². The lowest BCUT2D eigenvalue weighted by atomic mass is 9.67. The van der Waals surface area contributed by atoms with Gasteiger partial charge in [0.2, 0.25) is 0 Å². The average molecular weight is 898 g/mol. The third kappa shape index (κ3) is 8.83. The summed E-state index contributed by atoms with van der Waals surface area (Å²) in [5, 5.41) is 2.42. The van der Waals surface area contributed by atoms with Crippen molar-refractivity contribution in [2.45, 2.75) is 96.2 Å². The normalized spacial score (nSPS) is 18.8. The molecule has 0 amide bonds. The van der Waals surface area contributed by atoms with Crippen molar-refractivity contribution in [3.63, 3.8) is 0 Å². The van der Waals surface area contributed by atoms with E-state index in [4.69, 9.17) is 23.7 Å². The van der Waals surface area contributed by atoms with Crippen molar-refractivity contribution in [1.82, 2.24) is 0 Å². The molecular formula is C60H67NO6. The Balaban J connectivity index is 1.17. The number of ketones is 1. The average Bonchev–Trinajstić information content (AvgIpc) is 3.65. The number of benzene rings is 5. The van der Waals surface area contributed by atoms with Crippen molar-refractivity contribution in [3.8, 4) is 28.0 Å². The maximum absolute atomic E-state index is 12.3. The molecule has 0 aromatic heterocycles. The van der Waals surface area contributed by atoms with E-state index in [0.717, 1.165) is 72.4 Å². The van der Waals surface area contributed by atoms with Gasteiger partial charge in [0.05, 0.1) is 33.5 Å². The summed E-state index contributed by atoms with van der Waals surface area (Å²) in [6.07, 6.45) is 14.4. The highest BCUT2D eigenvalue weighted by Gasteiger charge is 2.48. The molecule has 2 aliphatic heterocycles. The minimum absolute atomic E-state index is 0.0953. The van der Waals surface area contributed by atoms with Gasteiger partial charge in [-0.3, -0.25) is 4.79 Å². The topological polar surface area (TPSA) is 66.5 Å². The van der Waals surface area contributed by atoms with Gasteiger partial charge >= 0.3 is 0 Å². The lowest BCUT2D eigenvalue weighted by Gasteiger charge is -2.39. The van der Waals surface area contributed by atoms with Gasteiger partial charge in [-0.25, -0.2) is 0 Å². The van der Waals surface area contributed by atoms with E-state index in [1.165, 1.54) is 69.3 Å². The third-order valence-electron chi connectivity index (χ3n) is 14.5. The van der Waals surface area contributed by atoms with E-state index in [-0.39, 0.29) is 11.2 Å². The summed E-state index contributed by atoms with van der Waals surface area (Å²) in [6.45, 7) is 15.9. The van der Waals surface area contributed by atoms with Gasteiger partial charge < -0.3 is 28.6 Å². The fourth-order valence-electron chi connectivity index (χ4n) is 11.5. The molecular weight excluding hydrogens is 831 g/mol. The molecule has 2 heterocycles. The largest absolute Gasteiger partial charge is 0.496 e. The van der Waals surface area contributed by atoms with Crippen LogP contribution in [0.2, 0.25) is 0 Å². The Kier molecular flexibility index (Phi) is 14.0. The number of carbonyl (C=O) groups is 1. The van der Waals surface area contributed by atoms with Crippen molar-refractivity contribution in [3.05, 3.63) is 161 Å². The summed E-state index contributed by atoms with van der Waals surface area (Å²) in [4.78, 5) is 14.9. The number of methoxy groups -OCH3 is 1. The quantitative estimate of drug-likeness (QED) is 0.0604. The molecule has 67 heavy (non-hydrogen) atoms. The molecule has 0 radical (unpaired) electrons. The molecule has 4 aliphatic rings. The van der Waals surface area contributed by atoms with Gasteiger partial charge in [0.1, 0.15) is 29.8 Å². The monoisotopic (exact) mass is 897 g/mol. The summed E-state index contributed by atoms with van der Waals surface area (Å²) in [5.41, 5.74) is 13.2. The van der Waals surface area contributed by atoms with Crippen molar-refractivity contribution in [2.75, 3.05) is 58.1 Å². The molecule has 2 atom stereocenters. The minimum Gasteiger partial charge on any atom is -0.496 e. The Morgan fingerprint density at radius 2 is 1.55 bits per heavy atom. The van der Waals surface area contributed by atoms with Crippen LogP contribution in [0.15, 0.2) is 139 Å². The summed E-state index contributed by atoms with van der Waals surface area (Å²) < 4.78 is 32.2. The predicted octanol–water partition coefficient (Wildman–Crippen LogP) is 13.5. The van der Waals surface area contributed by atoms with Gasteiger partial charge in [-0.15, -0.1) is 0 Å². The van der Waals surface area contributed by atoms with Gasteiger partial charge in [0.15, 0.2) is 5.78 Å². The van der Waals surface area contributed by atoms with Crippen molar-refractivity contribution >= 4 is 27.8 Å². The van der Waals surface area contributed by atoms with Crippen LogP contribution in [0, 0.1) is 0 Å². The maximum Gasteiger partial charge on any atom is 0.186 e. The number of rotatable bonds is 19. The molecule has 2 aliphatic carbocycles. The first-order chi connectivity index (χ1) is 32.7. The van der Waals surface area contributed by atoms with Crippen LogP contribution in [0.5, 0.6) is 5.75 Å². The molecule has 1 saturated heterocycles. The van der Waals surface area contributed by atoms with E-state index < -0.39 is 11.7 Å². The zero-order valence-corrected chi connectivity index (χ0v) is 40.3. The molecule has 2 unspecified atom stereocenters. The number of fused-ring (bicyclic) bond motifs is 8. The van der Waals surface area contributed by atoms with Crippen LogP contribution in [0.4, 0.5) is 5.69 Å². The highest BCUT2D eigenvalue weighted by atomic mass is 16.6. The molecule has 7 nitrogen and oxygen atoms in total. The van der Waals surface area contributed by atoms with Crippen LogP contribution in [0.1, 0.15) is 101 Å². The van der Waals surface area contributed by atoms with Gasteiger partial charge in [-0.2, -0.15) is 0 Å². The van der Waals surface area contributed by atoms with Crippen molar-refractivity contribution in [1.29, 1.82) is 0 Å². The van der Waals surface area contributed by atoms with E-state index in [1.54, 1.807) is 21.0 Å². The van der Waals surface area contributed by atoms with E-state index in [2.05, 4.69) is 135 Å². The second-order valence-electron chi connectivity index (χ2n) is 18.8. The van der Waals surface area contributed by atoms with Crippen molar-refractivity contribution in [2.24, 2.45) is 0 Å². The first kappa shape index (κ1) is 46.4. The number of Topliss-reactive ketones (excluding diaryl/α,β-unsaturated/α-hetero) is 1. The molecule has 0 N–H and O–H groups in total. The highest BCUT2D eigenvalue weighted by molar-refractivity contribution is 6.11. The predicted molar refractivity (Wildman–Crippen MR) is 273 cm³/mol. The van der Waals surface area contributed by atoms with Gasteiger partial charge in [0, 0.05) is 47.1 Å². The Morgan fingerprint density at radius 3 is 2.27 bits per heavy atom. The fourth-order valence-corrected chi connectivity index (χ4v) is 11.5. The maximum atomic E-state index is 12.3. The van der Waals surface area contributed by atoms with Gasteiger partial charge in [-0.05, 0) is 144 Å². The van der Waals surface area contributed by atoms with Crippen LogP contribution >= 0.6 is 0 Å². The fraction of sp³-hybridized carbons (Fsp3) is 0.383. The summed E-state index contributed by atoms with van der Waals surface area (Å²) >= 11 is 0. The smallest absolute Gasteiger partial charge is 0.186 e. The summed E-state index contributed by atoms with van der Waals surface area (Å²) in [6, 6.07) is 35.8. The molecule has 0 spiro atoms. The Labute approximate surface area is 398 Å². The number of ether oxygens (including phenoxy) is 5. The Morgan fingerprint density at radius 1 is 0.821 bits per heavy atom. The van der Waals surface area contributed by atoms with Gasteiger partial charge in [0.25, 0.3) is 0 Å². The highest BCUT2D eigenvalue weighted by Crippen LogP contribution is 2.62. The first-order valence-electron chi connectivity index (χ1n) is 24.7. The van der Waals surface area contributed by atoms with Crippen LogP contribution < -0.4 is 9.64 Å². The summed E-state index contributed by atoms with van der Waals surface area (Å²) in [7, 11) is 1.78. The van der Waals surface area contributed by atoms with E-state index >= 15 is 0 Å². The molecule has 7 heteroatoms. The third-order valence-corrected chi connectivity index (χ3v) is 14.5. The number of allylic oxidation sites excluding steroid dienone is 2. The summed E-state index contributed by atoms with van der Waals surface area (Å²) in [5.74, 6) is 1.69. The van der Waals surface area contributed by atoms with Crippen LogP contribution in [0.3, 0.4) is 0 Å². The number of anilines is 1. The number of piperidine rings is 1. The van der Waals surface area contributed by atoms with E-state index in [9.17, 15) is 4.79 Å². The lowest BCUT2D eigenvalue weighted by Crippen LogP contribution is -2.33. The molecule has 0 bridgehead atoms. The number of carbonyl (C=O) groups excluding carboxylic acids is 1. The number of hydrogen-bond donors (Lipinski definition) is 0. The number of hydrogen-bond acceptors (Lipinski definition) is 7. The van der Waals surface area contributed by atoms with E-state index in [1.807, 2.05) is 6.07 Å². The molecule has 0 saturated carbocycles. The Hall–Kier alpha value is -5.73. The lowest BCUT2D eigenvalue weighted by molar-refractivity contribution is -0.126. The molecule has 5 aromatic carbocycles. The number of nitrogens with zero attached hydrogens (tertiary/aromatic N) is 1. The molecule has 5 aromatic rings. The molecule has 1 fully saturated rings. The standard InChI is InChI=1S/C60H67NO6/c1-7-28-59(29-8-2)52-38-44(43-18-12-9-13-19-43)22-24-49(52)54-50-39-46(61-31-16-11-17-32-61)23-25-48(50)58-55(56(54)59)47(27-33-66-58)51-40-60(30-26-53(51)63-6,45-20-14-10-15-21-45)67-37-35-64-34-36-65-42(5)57(62)41(3)4/h9-10,12-15,18-27,30,38-39,42H,3,7-8,11,16-17,28-29,31-37,40H2,1-2,4-6H3. The van der Waals surface area contributed by atoms with Gasteiger partial charge in [-0.1, -0.05) is 106 Å². The second-order valence-corrected chi connectivity index (χ2v) is 18.8. The second kappa shape index (κ2) is 20.2. The Bertz CT molecular complexity index is 2700. The minimum atomic E-state index is -0.805. The van der Waals surface area contributed by atoms with Crippen molar-refractivity contribution < 1.29 is 28.5 Å².